The van der Waals surface area contributed by atoms with Gasteiger partial charge in [-0.15, -0.1) is 0 Å². The van der Waals surface area contributed by atoms with Gasteiger partial charge in [0.2, 0.25) is 11.8 Å². The Balaban J connectivity index is 0.00000220. The number of nitrogens with zero attached hydrogens (tertiary/aromatic N) is 1. The van der Waals surface area contributed by atoms with E-state index in [0.717, 1.165) is 12.3 Å². The summed E-state index contributed by atoms with van der Waals surface area (Å²) < 4.78 is 41.9. The normalized spacial score (nSPS) is 19.4. The highest BCUT2D eigenvalue weighted by Crippen LogP contribution is 2.18. The molecule has 1 atom stereocenters. The monoisotopic (exact) mass is 306 g/mol. The zero-order valence-electron chi connectivity index (χ0n) is 9.91. The average Bonchev–Trinajstić information content (AvgIpc) is 2.33. The number of aromatic nitrogens is 1. The van der Waals surface area contributed by atoms with Crippen LogP contribution in [-0.2, 0) is 20.1 Å². The van der Waals surface area contributed by atoms with Gasteiger partial charge in [-0.1, -0.05) is 3.89 Å². The van der Waals surface area contributed by atoms with Crippen molar-refractivity contribution in [3.05, 3.63) is 18.3 Å². The number of pyridine rings is 1. The Morgan fingerprint density at radius 2 is 2.15 bits per heavy atom. The molecule has 10 heteroatoms. The Hall–Kier alpha value is -2.23. The van der Waals surface area contributed by atoms with E-state index in [0.29, 0.717) is 0 Å². The second-order valence-corrected chi connectivity index (χ2v) is 4.82. The first kappa shape index (κ1) is 14.2. The first-order valence-electron chi connectivity index (χ1n) is 5.44. The summed E-state index contributed by atoms with van der Waals surface area (Å²) in [5.41, 5.74) is 0. The Labute approximate surface area is 114 Å². The van der Waals surface area contributed by atoms with Gasteiger partial charge < -0.3 is 8.92 Å². The number of carbonyl (C=O) groups is 2. The van der Waals surface area contributed by atoms with Crippen LogP contribution in [0.15, 0.2) is 18.3 Å². The van der Waals surface area contributed by atoms with Crippen molar-refractivity contribution in [2.24, 2.45) is 0 Å². The van der Waals surface area contributed by atoms with Gasteiger partial charge in [0, 0.05) is 20.3 Å². The van der Waals surface area contributed by atoms with Crippen molar-refractivity contribution in [2.75, 3.05) is 0 Å². The molecule has 0 aromatic carbocycles. The topological polar surface area (TPSA) is 112 Å². The van der Waals surface area contributed by atoms with E-state index in [2.05, 4.69) is 14.5 Å². The smallest absolute Gasteiger partial charge is 0.464 e. The highest BCUT2D eigenvalue weighted by molar-refractivity contribution is 7.81. The van der Waals surface area contributed by atoms with Crippen LogP contribution in [0.25, 0.3) is 0 Å². The fourth-order valence-electron chi connectivity index (χ4n) is 1.53. The summed E-state index contributed by atoms with van der Waals surface area (Å²) in [7, 11) is -5.11. The summed E-state index contributed by atoms with van der Waals surface area (Å²) in [5, 5.41) is 2.11. The first-order valence-corrected chi connectivity index (χ1v) is 6.75. The Morgan fingerprint density at radius 3 is 2.70 bits per heavy atom. The van der Waals surface area contributed by atoms with Crippen molar-refractivity contribution in [3.63, 3.8) is 0 Å². The van der Waals surface area contributed by atoms with Crippen LogP contribution in [0, 0.1) is 0 Å². The second kappa shape index (κ2) is 5.41. The Morgan fingerprint density at radius 1 is 1.40 bits per heavy atom. The van der Waals surface area contributed by atoms with E-state index in [9.17, 15) is 21.9 Å². The standard InChI is InChI=1S/C10H9FN2O6S.H2/c11-20(16,17)19-6-1-4-9(12-5-6)18-7-2-3-8(14)13-10(7)15;/h1,4-5,7H,2-3H2,(H,13,14,15);1H. The van der Waals surface area contributed by atoms with Gasteiger partial charge in [-0.2, -0.15) is 8.42 Å². The molecule has 2 amide bonds. The van der Waals surface area contributed by atoms with Crippen molar-refractivity contribution in [2.45, 2.75) is 18.9 Å². The summed E-state index contributed by atoms with van der Waals surface area (Å²) in [6.07, 6.45) is 0.427. The maximum atomic E-state index is 12.2. The van der Waals surface area contributed by atoms with Gasteiger partial charge in [0.15, 0.2) is 11.9 Å². The maximum absolute atomic E-state index is 12.2. The van der Waals surface area contributed by atoms with Crippen LogP contribution in [0.1, 0.15) is 14.3 Å². The van der Waals surface area contributed by atoms with Crippen molar-refractivity contribution in [1.82, 2.24) is 10.3 Å². The number of piperidine rings is 1. The summed E-state index contributed by atoms with van der Waals surface area (Å²) in [5.74, 6) is -1.26. The Bertz CT molecular complexity index is 635. The van der Waals surface area contributed by atoms with Crippen LogP contribution < -0.4 is 14.2 Å². The molecule has 110 valence electrons. The molecular weight excluding hydrogens is 295 g/mol. The average molecular weight is 306 g/mol. The minimum atomic E-state index is -5.11. The van der Waals surface area contributed by atoms with Gasteiger partial charge in [0.25, 0.3) is 5.91 Å². The van der Waals surface area contributed by atoms with Crippen molar-refractivity contribution < 1.29 is 32.2 Å². The van der Waals surface area contributed by atoms with E-state index in [1.165, 1.54) is 6.07 Å². The number of hydrogen-bond donors (Lipinski definition) is 1. The lowest BCUT2D eigenvalue weighted by Crippen LogP contribution is -2.46. The fourth-order valence-corrected chi connectivity index (χ4v) is 1.86. The molecule has 1 N–H and O–H groups in total. The minimum Gasteiger partial charge on any atom is -0.464 e. The van der Waals surface area contributed by atoms with Crippen LogP contribution >= 0.6 is 0 Å². The molecule has 1 saturated heterocycles. The van der Waals surface area contributed by atoms with Crippen LogP contribution in [-0.4, -0.2) is 31.3 Å². The van der Waals surface area contributed by atoms with Gasteiger partial charge in [-0.05, 0) is 6.07 Å². The number of carbonyl (C=O) groups excluding carboxylic acids is 2. The minimum absolute atomic E-state index is 0. The van der Waals surface area contributed by atoms with E-state index in [4.69, 9.17) is 4.74 Å². The number of halogens is 1. The Kier molecular flexibility index (Phi) is 3.84. The van der Waals surface area contributed by atoms with E-state index < -0.39 is 22.5 Å². The van der Waals surface area contributed by atoms with Crippen molar-refractivity contribution >= 4 is 22.3 Å². The quantitative estimate of drug-likeness (QED) is 0.620. The van der Waals surface area contributed by atoms with Crippen LogP contribution in [0.3, 0.4) is 0 Å². The number of amides is 2. The zero-order chi connectivity index (χ0) is 14.8. The number of imide groups is 1. The van der Waals surface area contributed by atoms with Crippen LogP contribution in [0.2, 0.25) is 0 Å². The molecule has 20 heavy (non-hydrogen) atoms. The lowest BCUT2D eigenvalue weighted by molar-refractivity contribution is -0.139. The molecule has 0 bridgehead atoms. The summed E-state index contributed by atoms with van der Waals surface area (Å²) >= 11 is 0. The second-order valence-electron chi connectivity index (χ2n) is 3.87. The van der Waals surface area contributed by atoms with Crippen LogP contribution in [0.4, 0.5) is 3.89 Å². The van der Waals surface area contributed by atoms with Gasteiger partial charge in [0.1, 0.15) is 0 Å². The summed E-state index contributed by atoms with van der Waals surface area (Å²) in [6.45, 7) is 0. The number of ether oxygens (including phenoxy) is 1. The third-order valence-corrected chi connectivity index (χ3v) is 2.75. The molecule has 1 unspecified atom stereocenters. The van der Waals surface area contributed by atoms with E-state index in [-0.39, 0.29) is 31.8 Å². The number of rotatable bonds is 4. The lowest BCUT2D eigenvalue weighted by Gasteiger charge is -2.21. The van der Waals surface area contributed by atoms with E-state index in [1.807, 2.05) is 0 Å². The predicted octanol–water partition coefficient (Wildman–Crippen LogP) is 0.105. The third-order valence-electron chi connectivity index (χ3n) is 2.36. The van der Waals surface area contributed by atoms with Gasteiger partial charge in [-0.3, -0.25) is 14.9 Å². The molecule has 1 aromatic heterocycles. The molecule has 0 radical (unpaired) electrons. The molecular formula is C10H11FN2O6S. The zero-order valence-corrected chi connectivity index (χ0v) is 10.7. The molecule has 1 aromatic rings. The third kappa shape index (κ3) is 3.88. The summed E-state index contributed by atoms with van der Waals surface area (Å²) in [4.78, 5) is 26.0. The maximum Gasteiger partial charge on any atom is 0.488 e. The number of nitrogens with one attached hydrogen (secondary N) is 1. The summed E-state index contributed by atoms with van der Waals surface area (Å²) in [6, 6.07) is 2.33. The molecule has 2 rings (SSSR count). The van der Waals surface area contributed by atoms with Gasteiger partial charge in [0.05, 0.1) is 6.20 Å². The molecule has 0 saturated carbocycles. The first-order chi connectivity index (χ1) is 9.33. The highest BCUT2D eigenvalue weighted by atomic mass is 32.3. The largest absolute Gasteiger partial charge is 0.488 e. The number of hydrogen-bond acceptors (Lipinski definition) is 7. The van der Waals surface area contributed by atoms with Crippen molar-refractivity contribution in [1.29, 1.82) is 0 Å². The highest BCUT2D eigenvalue weighted by Gasteiger charge is 2.28. The molecule has 0 spiro atoms. The predicted molar refractivity (Wildman–Crippen MR) is 63.8 cm³/mol. The molecule has 1 aliphatic heterocycles. The van der Waals surface area contributed by atoms with E-state index >= 15 is 0 Å². The molecule has 0 aliphatic carbocycles. The van der Waals surface area contributed by atoms with Gasteiger partial charge in [-0.25, -0.2) is 4.98 Å². The molecule has 1 aliphatic rings. The van der Waals surface area contributed by atoms with Crippen LogP contribution in [0.5, 0.6) is 11.6 Å². The lowest BCUT2D eigenvalue weighted by atomic mass is 10.1. The van der Waals surface area contributed by atoms with E-state index in [1.54, 1.807) is 0 Å². The fraction of sp³-hybridized carbons (Fsp3) is 0.300. The SMILES string of the molecule is O=C1CCC(Oc2ccc(OS(=O)(=O)F)cn2)C(=O)N1.[HH]. The van der Waals surface area contributed by atoms with Crippen molar-refractivity contribution in [3.8, 4) is 11.6 Å². The molecule has 2 heterocycles. The van der Waals surface area contributed by atoms with Gasteiger partial charge >= 0.3 is 10.5 Å². The molecule has 1 fully saturated rings. The molecule has 8 nitrogen and oxygen atoms in total.